The van der Waals surface area contributed by atoms with Gasteiger partial charge in [-0.05, 0) is 49.9 Å². The number of benzene rings is 1. The SMILES string of the molecule is CC1CN(S(=O)(=O)c2cc3c4c(c2)CC(=O)N4CCC3)CC(C)O1. The van der Waals surface area contributed by atoms with Crippen LogP contribution < -0.4 is 4.90 Å². The molecule has 1 fully saturated rings. The topological polar surface area (TPSA) is 66.9 Å². The van der Waals surface area contributed by atoms with Crippen molar-refractivity contribution in [2.75, 3.05) is 24.5 Å². The number of carbonyl (C=O) groups excluding carboxylic acids is 1. The Bertz CT molecular complexity index is 795. The predicted octanol–water partition coefficient (Wildman–Crippen LogP) is 1.32. The molecule has 0 bridgehead atoms. The molecule has 4 rings (SSSR count). The molecule has 6 nitrogen and oxygen atoms in total. The molecule has 1 aromatic carbocycles. The highest BCUT2D eigenvalue weighted by Crippen LogP contribution is 2.39. The lowest BCUT2D eigenvalue weighted by molar-refractivity contribution is -0.117. The molecule has 1 aromatic rings. The monoisotopic (exact) mass is 350 g/mol. The summed E-state index contributed by atoms with van der Waals surface area (Å²) in [6, 6.07) is 3.46. The van der Waals surface area contributed by atoms with Gasteiger partial charge in [-0.15, -0.1) is 0 Å². The maximum Gasteiger partial charge on any atom is 0.243 e. The van der Waals surface area contributed by atoms with Crippen LogP contribution in [0.25, 0.3) is 0 Å². The van der Waals surface area contributed by atoms with Crippen molar-refractivity contribution in [3.8, 4) is 0 Å². The van der Waals surface area contributed by atoms with Gasteiger partial charge < -0.3 is 9.64 Å². The molecule has 3 heterocycles. The molecule has 1 amide bonds. The highest BCUT2D eigenvalue weighted by Gasteiger charge is 2.36. The smallest absolute Gasteiger partial charge is 0.243 e. The van der Waals surface area contributed by atoms with Crippen molar-refractivity contribution >= 4 is 21.6 Å². The highest BCUT2D eigenvalue weighted by molar-refractivity contribution is 7.89. The lowest BCUT2D eigenvalue weighted by Crippen LogP contribution is -2.48. The Morgan fingerprint density at radius 3 is 2.50 bits per heavy atom. The van der Waals surface area contributed by atoms with E-state index >= 15 is 0 Å². The van der Waals surface area contributed by atoms with Gasteiger partial charge in [0.2, 0.25) is 15.9 Å². The number of morpholine rings is 1. The minimum atomic E-state index is -3.57. The van der Waals surface area contributed by atoms with Crippen molar-refractivity contribution in [2.45, 2.75) is 50.2 Å². The van der Waals surface area contributed by atoms with Crippen LogP contribution in [0.4, 0.5) is 5.69 Å². The molecule has 2 unspecified atom stereocenters. The number of carbonyl (C=O) groups is 1. The number of sulfonamides is 1. The van der Waals surface area contributed by atoms with Crippen LogP contribution in [-0.4, -0.2) is 50.5 Å². The van der Waals surface area contributed by atoms with Crippen LogP contribution in [0, 0.1) is 0 Å². The quantitative estimate of drug-likeness (QED) is 0.807. The molecule has 1 saturated heterocycles. The maximum atomic E-state index is 13.1. The summed E-state index contributed by atoms with van der Waals surface area (Å²) in [5.74, 6) is 0.0779. The van der Waals surface area contributed by atoms with Gasteiger partial charge in [-0.2, -0.15) is 4.31 Å². The fourth-order valence-corrected chi connectivity index (χ4v) is 5.77. The Labute approximate surface area is 142 Å². The van der Waals surface area contributed by atoms with Crippen LogP contribution in [0.1, 0.15) is 31.4 Å². The number of nitrogens with zero attached hydrogens (tertiary/aromatic N) is 2. The Morgan fingerprint density at radius 2 is 1.79 bits per heavy atom. The first-order chi connectivity index (χ1) is 11.4. The molecule has 2 atom stereocenters. The number of amides is 1. The molecule has 0 radical (unpaired) electrons. The zero-order valence-corrected chi connectivity index (χ0v) is 14.8. The summed E-state index contributed by atoms with van der Waals surface area (Å²) < 4.78 is 33.4. The van der Waals surface area contributed by atoms with Gasteiger partial charge in [-0.1, -0.05) is 0 Å². The molecular weight excluding hydrogens is 328 g/mol. The lowest BCUT2D eigenvalue weighted by Gasteiger charge is -2.34. The van der Waals surface area contributed by atoms with Crippen molar-refractivity contribution in [3.63, 3.8) is 0 Å². The molecule has 3 aliphatic rings. The van der Waals surface area contributed by atoms with Crippen molar-refractivity contribution < 1.29 is 17.9 Å². The molecule has 130 valence electrons. The van der Waals surface area contributed by atoms with E-state index in [0.29, 0.717) is 24.4 Å². The van der Waals surface area contributed by atoms with Gasteiger partial charge in [-0.3, -0.25) is 4.79 Å². The van der Waals surface area contributed by atoms with Crippen molar-refractivity contribution in [1.82, 2.24) is 4.31 Å². The Hall–Kier alpha value is -1.44. The number of anilines is 1. The van der Waals surface area contributed by atoms with E-state index in [0.717, 1.165) is 36.2 Å². The van der Waals surface area contributed by atoms with Gasteiger partial charge in [0.25, 0.3) is 0 Å². The van der Waals surface area contributed by atoms with E-state index in [1.165, 1.54) is 4.31 Å². The minimum Gasteiger partial charge on any atom is -0.373 e. The second kappa shape index (κ2) is 5.54. The van der Waals surface area contributed by atoms with E-state index in [1.807, 2.05) is 18.7 Å². The van der Waals surface area contributed by atoms with E-state index in [-0.39, 0.29) is 18.1 Å². The van der Waals surface area contributed by atoms with Crippen LogP contribution in [0.15, 0.2) is 17.0 Å². The molecular formula is C17H22N2O4S. The molecule has 0 spiro atoms. The molecule has 0 saturated carbocycles. The van der Waals surface area contributed by atoms with Gasteiger partial charge in [0.15, 0.2) is 0 Å². The summed E-state index contributed by atoms with van der Waals surface area (Å²) in [6.07, 6.45) is 1.78. The fraction of sp³-hybridized carbons (Fsp3) is 0.588. The molecule has 0 N–H and O–H groups in total. The largest absolute Gasteiger partial charge is 0.373 e. The molecule has 0 aliphatic carbocycles. The number of rotatable bonds is 2. The van der Waals surface area contributed by atoms with Crippen LogP contribution in [0.2, 0.25) is 0 Å². The molecule has 0 aromatic heterocycles. The van der Waals surface area contributed by atoms with E-state index in [1.54, 1.807) is 12.1 Å². The van der Waals surface area contributed by atoms with Gasteiger partial charge in [-0.25, -0.2) is 8.42 Å². The van der Waals surface area contributed by atoms with Crippen molar-refractivity contribution in [1.29, 1.82) is 0 Å². The van der Waals surface area contributed by atoms with E-state index < -0.39 is 10.0 Å². The first kappa shape index (κ1) is 16.1. The zero-order valence-electron chi connectivity index (χ0n) is 14.0. The van der Waals surface area contributed by atoms with Crippen LogP contribution in [-0.2, 0) is 32.4 Å². The summed E-state index contributed by atoms with van der Waals surface area (Å²) in [4.78, 5) is 14.3. The third-order valence-corrected chi connectivity index (χ3v) is 6.82. The third-order valence-electron chi connectivity index (χ3n) is 5.01. The Balaban J connectivity index is 1.75. The number of hydrogen-bond acceptors (Lipinski definition) is 4. The Morgan fingerprint density at radius 1 is 1.12 bits per heavy atom. The summed E-state index contributed by atoms with van der Waals surface area (Å²) in [5, 5.41) is 0. The molecule has 7 heteroatoms. The Kier molecular flexibility index (Phi) is 3.71. The second-order valence-corrected chi connectivity index (χ2v) is 8.93. The third kappa shape index (κ3) is 2.46. The maximum absolute atomic E-state index is 13.1. The standard InChI is InChI=1S/C17H22N2O4S/c1-11-9-18(10-12(2)23-11)24(21,22)15-6-13-4-3-5-19-16(20)8-14(7-15)17(13)19/h6-7,11-12H,3-5,8-10H2,1-2H3. The normalized spacial score (nSPS) is 27.4. The molecule has 24 heavy (non-hydrogen) atoms. The average molecular weight is 350 g/mol. The van der Waals surface area contributed by atoms with Crippen LogP contribution >= 0.6 is 0 Å². The molecule has 3 aliphatic heterocycles. The van der Waals surface area contributed by atoms with E-state index in [4.69, 9.17) is 4.74 Å². The van der Waals surface area contributed by atoms with Gasteiger partial charge >= 0.3 is 0 Å². The first-order valence-corrected chi connectivity index (χ1v) is 9.92. The van der Waals surface area contributed by atoms with Crippen molar-refractivity contribution in [2.24, 2.45) is 0 Å². The van der Waals surface area contributed by atoms with Gasteiger partial charge in [0, 0.05) is 19.6 Å². The van der Waals surface area contributed by atoms with Gasteiger partial charge in [0.1, 0.15) is 0 Å². The zero-order chi connectivity index (χ0) is 17.1. The summed E-state index contributed by atoms with van der Waals surface area (Å²) in [6.45, 7) is 5.25. The second-order valence-electron chi connectivity index (χ2n) is 7.00. The van der Waals surface area contributed by atoms with Crippen LogP contribution in [0.3, 0.4) is 0 Å². The summed E-state index contributed by atoms with van der Waals surface area (Å²) in [5.41, 5.74) is 2.79. The number of aryl methyl sites for hydroxylation is 1. The fourth-order valence-electron chi connectivity index (χ4n) is 4.07. The van der Waals surface area contributed by atoms with Crippen LogP contribution in [0.5, 0.6) is 0 Å². The summed E-state index contributed by atoms with van der Waals surface area (Å²) in [7, 11) is -3.57. The summed E-state index contributed by atoms with van der Waals surface area (Å²) >= 11 is 0. The average Bonchev–Trinajstić information content (AvgIpc) is 2.84. The highest BCUT2D eigenvalue weighted by atomic mass is 32.2. The minimum absolute atomic E-state index is 0.0779. The van der Waals surface area contributed by atoms with Crippen molar-refractivity contribution in [3.05, 3.63) is 23.3 Å². The van der Waals surface area contributed by atoms with E-state index in [9.17, 15) is 13.2 Å². The first-order valence-electron chi connectivity index (χ1n) is 8.48. The predicted molar refractivity (Wildman–Crippen MR) is 89.6 cm³/mol. The number of ether oxygens (including phenoxy) is 1. The number of hydrogen-bond donors (Lipinski definition) is 0. The van der Waals surface area contributed by atoms with Gasteiger partial charge in [0.05, 0.1) is 29.2 Å². The lowest BCUT2D eigenvalue weighted by atomic mass is 10.0. The van der Waals surface area contributed by atoms with E-state index in [2.05, 4.69) is 0 Å².